The predicted molar refractivity (Wildman–Crippen MR) is 110 cm³/mol. The van der Waals surface area contributed by atoms with E-state index in [9.17, 15) is 23.6 Å². The fourth-order valence-corrected chi connectivity index (χ4v) is 2.56. The van der Waals surface area contributed by atoms with E-state index in [-0.39, 0.29) is 16.9 Å². The van der Waals surface area contributed by atoms with E-state index in [4.69, 9.17) is 9.15 Å². The van der Waals surface area contributed by atoms with Crippen molar-refractivity contribution in [3.63, 3.8) is 0 Å². The fraction of sp³-hybridized carbons (Fsp3) is 0.0909. The number of aryl methyl sites for hydroxylation is 1. The Morgan fingerprint density at radius 3 is 2.47 bits per heavy atom. The molecule has 1 aromatic heterocycles. The molecular weight excluding hydrogens is 421 g/mol. The summed E-state index contributed by atoms with van der Waals surface area (Å²) < 4.78 is 23.5. The number of benzene rings is 2. The van der Waals surface area contributed by atoms with E-state index < -0.39 is 36.1 Å². The van der Waals surface area contributed by atoms with Crippen molar-refractivity contribution in [1.29, 1.82) is 0 Å². The van der Waals surface area contributed by atoms with Crippen LogP contribution in [0.2, 0.25) is 0 Å². The molecule has 3 amide bonds. The van der Waals surface area contributed by atoms with Gasteiger partial charge in [-0.15, -0.1) is 0 Å². The number of furan rings is 1. The first kappa shape index (κ1) is 22.2. The second kappa shape index (κ2) is 10.0. The number of amides is 3. The van der Waals surface area contributed by atoms with Gasteiger partial charge in [-0.25, -0.2) is 9.18 Å². The number of halogens is 1. The van der Waals surface area contributed by atoms with E-state index in [2.05, 4.69) is 5.32 Å². The maximum absolute atomic E-state index is 13.6. The van der Waals surface area contributed by atoms with Crippen LogP contribution in [0.4, 0.5) is 10.1 Å². The SMILES string of the molecule is Cc1ccc(C(=O)OCC(=O)NNC(=O)c2ccccc2F)cc1NC(=O)c1ccco1. The van der Waals surface area contributed by atoms with Crippen molar-refractivity contribution in [3.05, 3.63) is 89.1 Å². The number of nitrogens with one attached hydrogen (secondary N) is 3. The predicted octanol–water partition coefficient (Wildman–Crippen LogP) is 2.60. The van der Waals surface area contributed by atoms with Gasteiger partial charge in [0.1, 0.15) is 5.82 Å². The van der Waals surface area contributed by atoms with Crippen LogP contribution in [-0.2, 0) is 9.53 Å². The summed E-state index contributed by atoms with van der Waals surface area (Å²) in [5, 5.41) is 2.63. The molecular formula is C22H18FN3O6. The Hall–Kier alpha value is -4.47. The zero-order chi connectivity index (χ0) is 23.1. The maximum atomic E-state index is 13.6. The molecule has 1 heterocycles. The molecule has 32 heavy (non-hydrogen) atoms. The van der Waals surface area contributed by atoms with Gasteiger partial charge in [0.15, 0.2) is 12.4 Å². The summed E-state index contributed by atoms with van der Waals surface area (Å²) >= 11 is 0. The van der Waals surface area contributed by atoms with Crippen molar-refractivity contribution in [2.24, 2.45) is 0 Å². The molecule has 0 bridgehead atoms. The summed E-state index contributed by atoms with van der Waals surface area (Å²) in [4.78, 5) is 48.1. The third-order valence-corrected chi connectivity index (χ3v) is 4.23. The molecule has 0 atom stereocenters. The Labute approximate surface area is 181 Å². The minimum absolute atomic E-state index is 0.0912. The van der Waals surface area contributed by atoms with Crippen molar-refractivity contribution in [2.45, 2.75) is 6.92 Å². The first-order chi connectivity index (χ1) is 15.3. The highest BCUT2D eigenvalue weighted by atomic mass is 19.1. The molecule has 0 aliphatic carbocycles. The molecule has 3 aromatic rings. The highest BCUT2D eigenvalue weighted by molar-refractivity contribution is 6.03. The first-order valence-corrected chi connectivity index (χ1v) is 9.31. The van der Waals surface area contributed by atoms with E-state index >= 15 is 0 Å². The van der Waals surface area contributed by atoms with Gasteiger partial charge in [-0.1, -0.05) is 18.2 Å². The number of hydrogen-bond acceptors (Lipinski definition) is 6. The Kier molecular flexibility index (Phi) is 6.96. The zero-order valence-corrected chi connectivity index (χ0v) is 16.8. The number of hydrazine groups is 1. The summed E-state index contributed by atoms with van der Waals surface area (Å²) in [6.45, 7) is 1.04. The van der Waals surface area contributed by atoms with Gasteiger partial charge in [-0.3, -0.25) is 25.2 Å². The number of anilines is 1. The highest BCUT2D eigenvalue weighted by Gasteiger charge is 2.16. The van der Waals surface area contributed by atoms with Gasteiger partial charge in [0.05, 0.1) is 17.4 Å². The van der Waals surface area contributed by atoms with E-state index in [1.54, 1.807) is 19.1 Å². The maximum Gasteiger partial charge on any atom is 0.338 e. The van der Waals surface area contributed by atoms with Crippen molar-refractivity contribution in [3.8, 4) is 0 Å². The largest absolute Gasteiger partial charge is 0.459 e. The average molecular weight is 439 g/mol. The molecule has 0 saturated carbocycles. The smallest absolute Gasteiger partial charge is 0.338 e. The molecule has 0 aliphatic rings. The van der Waals surface area contributed by atoms with Crippen LogP contribution in [0.3, 0.4) is 0 Å². The lowest BCUT2D eigenvalue weighted by Crippen LogP contribution is -2.43. The van der Waals surface area contributed by atoms with Crippen LogP contribution in [0.15, 0.2) is 65.3 Å². The molecule has 9 nitrogen and oxygen atoms in total. The Morgan fingerprint density at radius 2 is 1.75 bits per heavy atom. The van der Waals surface area contributed by atoms with Gasteiger partial charge < -0.3 is 14.5 Å². The summed E-state index contributed by atoms with van der Waals surface area (Å²) in [5.41, 5.74) is 4.94. The third-order valence-electron chi connectivity index (χ3n) is 4.23. The number of carbonyl (C=O) groups excluding carboxylic acids is 4. The van der Waals surface area contributed by atoms with E-state index in [0.717, 1.165) is 6.07 Å². The lowest BCUT2D eigenvalue weighted by Gasteiger charge is -2.11. The van der Waals surface area contributed by atoms with E-state index in [1.807, 2.05) is 10.9 Å². The van der Waals surface area contributed by atoms with Crippen molar-refractivity contribution < 1.29 is 32.7 Å². The fourth-order valence-electron chi connectivity index (χ4n) is 2.56. The van der Waals surface area contributed by atoms with Crippen molar-refractivity contribution in [2.75, 3.05) is 11.9 Å². The molecule has 2 aromatic carbocycles. The molecule has 0 saturated heterocycles. The standard InChI is InChI=1S/C22H18FN3O6/c1-13-8-9-14(11-17(13)24-21(29)18-7-4-10-31-18)22(30)32-12-19(27)25-26-20(28)15-5-2-3-6-16(15)23/h2-11H,12H2,1H3,(H,24,29)(H,25,27)(H,26,28). The number of hydrogen-bond donors (Lipinski definition) is 3. The van der Waals surface area contributed by atoms with Crippen molar-refractivity contribution >= 4 is 29.4 Å². The van der Waals surface area contributed by atoms with Crippen LogP contribution in [0.25, 0.3) is 0 Å². The van der Waals surface area contributed by atoms with Gasteiger partial charge >= 0.3 is 5.97 Å². The van der Waals surface area contributed by atoms with Crippen LogP contribution in [0.1, 0.15) is 36.8 Å². The Morgan fingerprint density at radius 1 is 0.969 bits per heavy atom. The van der Waals surface area contributed by atoms with Gasteiger partial charge in [-0.2, -0.15) is 0 Å². The molecule has 3 N–H and O–H groups in total. The number of ether oxygens (including phenoxy) is 1. The second-order valence-electron chi connectivity index (χ2n) is 6.52. The summed E-state index contributed by atoms with van der Waals surface area (Å²) in [7, 11) is 0. The van der Waals surface area contributed by atoms with Crippen LogP contribution in [-0.4, -0.2) is 30.3 Å². The lowest BCUT2D eigenvalue weighted by molar-refractivity contribution is -0.125. The summed E-state index contributed by atoms with van der Waals surface area (Å²) in [6.07, 6.45) is 1.36. The Bertz CT molecular complexity index is 1160. The first-order valence-electron chi connectivity index (χ1n) is 9.31. The molecule has 0 unspecified atom stereocenters. The van der Waals surface area contributed by atoms with Gasteiger partial charge in [0, 0.05) is 5.69 Å². The molecule has 3 rings (SSSR count). The molecule has 164 valence electrons. The monoisotopic (exact) mass is 439 g/mol. The Balaban J connectivity index is 1.53. The quantitative estimate of drug-likeness (QED) is 0.400. The number of carbonyl (C=O) groups is 4. The summed E-state index contributed by atoms with van der Waals surface area (Å²) in [6, 6.07) is 12.8. The topological polar surface area (TPSA) is 127 Å². The molecule has 0 fully saturated rings. The minimum Gasteiger partial charge on any atom is -0.459 e. The minimum atomic E-state index is -0.863. The van der Waals surface area contributed by atoms with Crippen LogP contribution < -0.4 is 16.2 Å². The molecule has 0 aliphatic heterocycles. The van der Waals surface area contributed by atoms with Gasteiger partial charge in [0.2, 0.25) is 0 Å². The third kappa shape index (κ3) is 5.57. The van der Waals surface area contributed by atoms with Crippen molar-refractivity contribution in [1.82, 2.24) is 10.9 Å². The van der Waals surface area contributed by atoms with Gasteiger partial charge in [-0.05, 0) is 48.9 Å². The molecule has 10 heteroatoms. The van der Waals surface area contributed by atoms with Crippen LogP contribution in [0.5, 0.6) is 0 Å². The van der Waals surface area contributed by atoms with E-state index in [1.165, 1.54) is 42.7 Å². The average Bonchev–Trinajstić information content (AvgIpc) is 3.33. The van der Waals surface area contributed by atoms with Gasteiger partial charge in [0.25, 0.3) is 17.7 Å². The number of esters is 1. The normalized spacial score (nSPS) is 10.2. The van der Waals surface area contributed by atoms with Crippen LogP contribution >= 0.6 is 0 Å². The highest BCUT2D eigenvalue weighted by Crippen LogP contribution is 2.19. The molecule has 0 radical (unpaired) electrons. The molecule has 0 spiro atoms. The lowest BCUT2D eigenvalue weighted by atomic mass is 10.1. The number of rotatable bonds is 6. The summed E-state index contributed by atoms with van der Waals surface area (Å²) in [5.74, 6) is -3.66. The van der Waals surface area contributed by atoms with Crippen LogP contribution in [0, 0.1) is 12.7 Å². The zero-order valence-electron chi connectivity index (χ0n) is 16.8. The van der Waals surface area contributed by atoms with E-state index in [0.29, 0.717) is 11.3 Å². The second-order valence-corrected chi connectivity index (χ2v) is 6.52.